The van der Waals surface area contributed by atoms with Crippen molar-refractivity contribution in [3.05, 3.63) is 64.7 Å². The highest BCUT2D eigenvalue weighted by atomic mass is 32.2. The fourth-order valence-electron chi connectivity index (χ4n) is 2.37. The van der Waals surface area contributed by atoms with Gasteiger partial charge < -0.3 is 5.11 Å². The molecule has 0 saturated carbocycles. The summed E-state index contributed by atoms with van der Waals surface area (Å²) in [7, 11) is 0. The Kier molecular flexibility index (Phi) is 5.00. The summed E-state index contributed by atoms with van der Waals surface area (Å²) in [6.07, 6.45) is 0. The molecule has 0 unspecified atom stereocenters. The molecule has 2 aromatic carbocycles. The van der Waals surface area contributed by atoms with Gasteiger partial charge in [0, 0.05) is 11.5 Å². The maximum absolute atomic E-state index is 10.3. The van der Waals surface area contributed by atoms with E-state index in [-0.39, 0.29) is 5.41 Å². The van der Waals surface area contributed by atoms with Crippen LogP contribution in [0.1, 0.15) is 43.0 Å². The van der Waals surface area contributed by atoms with E-state index in [1.54, 1.807) is 0 Å². The second kappa shape index (κ2) is 6.57. The highest BCUT2D eigenvalue weighted by Crippen LogP contribution is 2.35. The molecule has 2 rings (SSSR count). The summed E-state index contributed by atoms with van der Waals surface area (Å²) in [4.78, 5) is 0. The van der Waals surface area contributed by atoms with Crippen molar-refractivity contribution in [2.75, 3.05) is 0 Å². The maximum Gasteiger partial charge on any atom is 0.122 e. The molecule has 1 N–H and O–H groups in total. The first-order valence-corrected chi connectivity index (χ1v) is 8.48. The van der Waals surface area contributed by atoms with Crippen LogP contribution in [0.5, 0.6) is 5.75 Å². The van der Waals surface area contributed by atoms with Crippen LogP contribution in [0.2, 0.25) is 0 Å². The number of aryl methyl sites for hydroxylation is 1. The van der Waals surface area contributed by atoms with E-state index in [2.05, 4.69) is 57.2 Å². The molecule has 0 bridgehead atoms. The van der Waals surface area contributed by atoms with Crippen molar-refractivity contribution in [1.82, 2.24) is 0 Å². The third kappa shape index (κ3) is 4.28. The fraction of sp³-hybridized carbons (Fsp3) is 0.368. The summed E-state index contributed by atoms with van der Waals surface area (Å²) < 4.78 is 0. The number of phenols is 1. The predicted molar refractivity (Wildman–Crippen MR) is 93.0 cm³/mol. The lowest BCUT2D eigenvalue weighted by Gasteiger charge is -2.22. The summed E-state index contributed by atoms with van der Waals surface area (Å²) in [6, 6.07) is 14.8. The number of aromatic hydroxyl groups is 1. The van der Waals surface area contributed by atoms with Crippen LogP contribution >= 0.6 is 11.8 Å². The highest BCUT2D eigenvalue weighted by Gasteiger charge is 2.20. The molecule has 1 nitrogen and oxygen atoms in total. The first-order chi connectivity index (χ1) is 9.88. The lowest BCUT2D eigenvalue weighted by atomic mass is 9.84. The summed E-state index contributed by atoms with van der Waals surface area (Å²) >= 11 is 1.91. The smallest absolute Gasteiger partial charge is 0.122 e. The predicted octanol–water partition coefficient (Wildman–Crippen LogP) is 5.43. The molecule has 0 atom stereocenters. The molecule has 0 spiro atoms. The molecule has 0 amide bonds. The van der Waals surface area contributed by atoms with Gasteiger partial charge in [0.25, 0.3) is 0 Å². The summed E-state index contributed by atoms with van der Waals surface area (Å²) in [5.74, 6) is 2.43. The molecule has 2 aromatic rings. The van der Waals surface area contributed by atoms with E-state index in [4.69, 9.17) is 0 Å². The zero-order valence-electron chi connectivity index (χ0n) is 13.3. The van der Waals surface area contributed by atoms with Crippen LogP contribution in [0.4, 0.5) is 0 Å². The lowest BCUT2D eigenvalue weighted by molar-refractivity contribution is 0.442. The van der Waals surface area contributed by atoms with Gasteiger partial charge in [0.15, 0.2) is 0 Å². The molecule has 0 aromatic heterocycles. The lowest BCUT2D eigenvalue weighted by Crippen LogP contribution is -2.12. The van der Waals surface area contributed by atoms with Gasteiger partial charge in [-0.3, -0.25) is 0 Å². The first-order valence-electron chi connectivity index (χ1n) is 7.32. The van der Waals surface area contributed by atoms with Gasteiger partial charge in [0.1, 0.15) is 5.75 Å². The van der Waals surface area contributed by atoms with Gasteiger partial charge >= 0.3 is 0 Å². The van der Waals surface area contributed by atoms with E-state index < -0.39 is 0 Å². The number of hydrogen-bond donors (Lipinski definition) is 1. The van der Waals surface area contributed by atoms with Crippen molar-refractivity contribution in [2.45, 2.75) is 44.6 Å². The van der Waals surface area contributed by atoms with Gasteiger partial charge in [-0.2, -0.15) is 11.8 Å². The molecule has 0 aliphatic heterocycles. The molecule has 0 aliphatic carbocycles. The normalized spacial score (nSPS) is 11.6. The Morgan fingerprint density at radius 3 is 2.19 bits per heavy atom. The maximum atomic E-state index is 10.3. The Morgan fingerprint density at radius 2 is 1.57 bits per heavy atom. The van der Waals surface area contributed by atoms with E-state index in [1.807, 2.05) is 24.8 Å². The highest BCUT2D eigenvalue weighted by molar-refractivity contribution is 7.97. The average Bonchev–Trinajstić information content (AvgIpc) is 2.42. The molecular weight excluding hydrogens is 276 g/mol. The third-order valence-corrected chi connectivity index (χ3v) is 4.62. The number of phenolic OH excluding ortho intramolecular Hbond substituents is 1. The Hall–Kier alpha value is -1.41. The van der Waals surface area contributed by atoms with Crippen molar-refractivity contribution in [2.24, 2.45) is 0 Å². The van der Waals surface area contributed by atoms with Crippen LogP contribution in [-0.2, 0) is 16.9 Å². The van der Waals surface area contributed by atoms with Crippen LogP contribution in [0, 0.1) is 6.92 Å². The number of thioether (sulfide) groups is 1. The molecule has 0 saturated heterocycles. The zero-order chi connectivity index (χ0) is 15.5. The Balaban J connectivity index is 2.09. The molecule has 0 aliphatic rings. The summed E-state index contributed by atoms with van der Waals surface area (Å²) in [6.45, 7) is 8.41. The summed E-state index contributed by atoms with van der Waals surface area (Å²) in [5, 5.41) is 10.3. The molecule has 112 valence electrons. The Morgan fingerprint density at radius 1 is 0.952 bits per heavy atom. The molecular formula is C19H24OS. The first kappa shape index (κ1) is 16.0. The van der Waals surface area contributed by atoms with Crippen LogP contribution < -0.4 is 0 Å². The zero-order valence-corrected chi connectivity index (χ0v) is 14.1. The molecule has 2 heteroatoms. The van der Waals surface area contributed by atoms with Crippen molar-refractivity contribution in [1.29, 1.82) is 0 Å². The van der Waals surface area contributed by atoms with Crippen LogP contribution in [-0.4, -0.2) is 5.11 Å². The van der Waals surface area contributed by atoms with Gasteiger partial charge in [-0.1, -0.05) is 63.2 Å². The topological polar surface area (TPSA) is 20.2 Å². The van der Waals surface area contributed by atoms with Crippen LogP contribution in [0.25, 0.3) is 0 Å². The number of benzene rings is 2. The van der Waals surface area contributed by atoms with Crippen LogP contribution in [0.15, 0.2) is 42.5 Å². The number of rotatable bonds is 4. The Labute approximate surface area is 132 Å². The minimum atomic E-state index is -0.0328. The van der Waals surface area contributed by atoms with E-state index in [0.717, 1.165) is 22.6 Å². The van der Waals surface area contributed by atoms with Crippen molar-refractivity contribution >= 4 is 11.8 Å². The van der Waals surface area contributed by atoms with E-state index >= 15 is 0 Å². The molecule has 0 heterocycles. The molecule has 0 radical (unpaired) electrons. The van der Waals surface area contributed by atoms with Crippen molar-refractivity contribution < 1.29 is 5.11 Å². The minimum absolute atomic E-state index is 0.0328. The second-order valence-corrected chi connectivity index (χ2v) is 7.52. The van der Waals surface area contributed by atoms with Crippen molar-refractivity contribution in [3.8, 4) is 5.75 Å². The van der Waals surface area contributed by atoms with Gasteiger partial charge in [-0.05, 0) is 34.6 Å². The van der Waals surface area contributed by atoms with E-state index in [1.165, 1.54) is 11.1 Å². The fourth-order valence-corrected chi connectivity index (χ4v) is 3.30. The van der Waals surface area contributed by atoms with E-state index in [9.17, 15) is 5.11 Å². The second-order valence-electron chi connectivity index (χ2n) is 6.54. The number of hydrogen-bond acceptors (Lipinski definition) is 2. The quantitative estimate of drug-likeness (QED) is 0.812. The standard InChI is InChI=1S/C19H24OS/c1-14-10-16(11-17(18(14)20)19(2,3)4)13-21-12-15-8-6-5-7-9-15/h5-11,20H,12-13H2,1-4H3. The Bertz CT molecular complexity index is 597. The third-order valence-electron chi connectivity index (χ3n) is 3.55. The SMILES string of the molecule is Cc1cc(CSCc2ccccc2)cc(C(C)(C)C)c1O. The molecule has 21 heavy (non-hydrogen) atoms. The van der Waals surface area contributed by atoms with Crippen LogP contribution in [0.3, 0.4) is 0 Å². The van der Waals surface area contributed by atoms with Gasteiger partial charge in [-0.25, -0.2) is 0 Å². The largest absolute Gasteiger partial charge is 0.507 e. The van der Waals surface area contributed by atoms with Gasteiger partial charge in [0.05, 0.1) is 0 Å². The van der Waals surface area contributed by atoms with Gasteiger partial charge in [-0.15, -0.1) is 0 Å². The average molecular weight is 300 g/mol. The minimum Gasteiger partial charge on any atom is -0.507 e. The van der Waals surface area contributed by atoms with Crippen molar-refractivity contribution in [3.63, 3.8) is 0 Å². The van der Waals surface area contributed by atoms with E-state index in [0.29, 0.717) is 5.75 Å². The monoisotopic (exact) mass is 300 g/mol. The molecule has 0 fully saturated rings. The van der Waals surface area contributed by atoms with Gasteiger partial charge in [0.2, 0.25) is 0 Å². The summed E-state index contributed by atoms with van der Waals surface area (Å²) in [5.41, 5.74) is 4.62.